The van der Waals surface area contributed by atoms with Crippen molar-refractivity contribution in [1.82, 2.24) is 4.90 Å². The van der Waals surface area contributed by atoms with E-state index in [-0.39, 0.29) is 23.7 Å². The lowest BCUT2D eigenvalue weighted by atomic mass is 10.1. The van der Waals surface area contributed by atoms with Gasteiger partial charge < -0.3 is 15.1 Å². The highest BCUT2D eigenvalue weighted by Crippen LogP contribution is 2.26. The first-order valence-corrected chi connectivity index (χ1v) is 7.61. The van der Waals surface area contributed by atoms with Gasteiger partial charge in [-0.1, -0.05) is 30.3 Å². The molecule has 1 atom stereocenters. The van der Waals surface area contributed by atoms with Crippen molar-refractivity contribution < 1.29 is 19.8 Å². The van der Waals surface area contributed by atoms with E-state index >= 15 is 0 Å². The van der Waals surface area contributed by atoms with Crippen LogP contribution in [0.2, 0.25) is 0 Å². The third-order valence-electron chi connectivity index (χ3n) is 3.90. The quantitative estimate of drug-likeness (QED) is 0.650. The van der Waals surface area contributed by atoms with Gasteiger partial charge in [-0.2, -0.15) is 0 Å². The SMILES string of the molecule is O=C1C(=CC=C2C=CN(CC(O)CO)C=C2)C(=O)c2ccccc21. The molecule has 1 aromatic rings. The second-order valence-electron chi connectivity index (χ2n) is 5.62. The van der Waals surface area contributed by atoms with Crippen molar-refractivity contribution in [2.75, 3.05) is 13.2 Å². The van der Waals surface area contributed by atoms with Crippen molar-refractivity contribution >= 4 is 11.6 Å². The van der Waals surface area contributed by atoms with Gasteiger partial charge in [0.15, 0.2) is 11.6 Å². The van der Waals surface area contributed by atoms with Crippen LogP contribution in [0.25, 0.3) is 0 Å². The van der Waals surface area contributed by atoms with Gasteiger partial charge in [-0.05, 0) is 23.8 Å². The molecule has 1 aromatic carbocycles. The molecule has 1 aliphatic heterocycles. The Balaban J connectivity index is 1.74. The van der Waals surface area contributed by atoms with Crippen LogP contribution in [-0.4, -0.2) is 45.9 Å². The summed E-state index contributed by atoms with van der Waals surface area (Å²) < 4.78 is 0. The van der Waals surface area contributed by atoms with E-state index in [9.17, 15) is 14.7 Å². The van der Waals surface area contributed by atoms with Crippen molar-refractivity contribution in [2.45, 2.75) is 6.10 Å². The van der Waals surface area contributed by atoms with E-state index in [1.165, 1.54) is 0 Å². The summed E-state index contributed by atoms with van der Waals surface area (Å²) in [5.74, 6) is -0.493. The molecule has 5 nitrogen and oxygen atoms in total. The highest BCUT2D eigenvalue weighted by atomic mass is 16.3. The molecule has 0 aromatic heterocycles. The van der Waals surface area contributed by atoms with Gasteiger partial charge in [0.25, 0.3) is 0 Å². The fraction of sp³-hybridized carbons (Fsp3) is 0.158. The summed E-state index contributed by atoms with van der Waals surface area (Å²) in [7, 11) is 0. The molecule has 0 saturated carbocycles. The number of hydrogen-bond acceptors (Lipinski definition) is 5. The van der Waals surface area contributed by atoms with E-state index < -0.39 is 6.10 Å². The van der Waals surface area contributed by atoms with E-state index in [1.807, 2.05) is 0 Å². The summed E-state index contributed by atoms with van der Waals surface area (Å²) in [4.78, 5) is 26.3. The predicted octanol–water partition coefficient (Wildman–Crippen LogP) is 1.61. The number of nitrogens with zero attached hydrogens (tertiary/aromatic N) is 1. The van der Waals surface area contributed by atoms with Crippen LogP contribution in [-0.2, 0) is 0 Å². The maximum Gasteiger partial charge on any atom is 0.197 e. The lowest BCUT2D eigenvalue weighted by Gasteiger charge is -2.20. The zero-order chi connectivity index (χ0) is 17.1. The second-order valence-corrected chi connectivity index (χ2v) is 5.62. The first-order valence-electron chi connectivity index (χ1n) is 7.61. The highest BCUT2D eigenvalue weighted by molar-refractivity contribution is 6.39. The van der Waals surface area contributed by atoms with Gasteiger partial charge in [-0.25, -0.2) is 0 Å². The predicted molar refractivity (Wildman–Crippen MR) is 89.3 cm³/mol. The number of fused-ring (bicyclic) bond motifs is 1. The van der Waals surface area contributed by atoms with Crippen LogP contribution in [0.15, 0.2) is 72.1 Å². The van der Waals surface area contributed by atoms with Gasteiger partial charge in [0.05, 0.1) is 24.8 Å². The maximum atomic E-state index is 12.3. The van der Waals surface area contributed by atoms with Crippen molar-refractivity contribution in [1.29, 1.82) is 0 Å². The molecule has 0 saturated heterocycles. The number of allylic oxidation sites excluding steroid dienone is 6. The molecule has 2 aliphatic rings. The lowest BCUT2D eigenvalue weighted by molar-refractivity contribution is 0.0802. The Labute approximate surface area is 139 Å². The van der Waals surface area contributed by atoms with Crippen LogP contribution in [0.3, 0.4) is 0 Å². The minimum atomic E-state index is -0.806. The third kappa shape index (κ3) is 3.13. The van der Waals surface area contributed by atoms with Gasteiger partial charge in [0, 0.05) is 23.5 Å². The molecule has 1 aliphatic carbocycles. The zero-order valence-electron chi connectivity index (χ0n) is 12.9. The van der Waals surface area contributed by atoms with Gasteiger partial charge in [0.2, 0.25) is 0 Å². The number of carbonyl (C=O) groups excluding carboxylic acids is 2. The minimum Gasteiger partial charge on any atom is -0.394 e. The number of rotatable bonds is 4. The average molecular weight is 323 g/mol. The fourth-order valence-corrected chi connectivity index (χ4v) is 2.61. The number of ketones is 2. The molecule has 0 radical (unpaired) electrons. The Hall–Kier alpha value is -2.76. The van der Waals surface area contributed by atoms with E-state index in [0.717, 1.165) is 5.57 Å². The number of aliphatic hydroxyl groups excluding tert-OH is 2. The van der Waals surface area contributed by atoms with Crippen LogP contribution in [0, 0.1) is 0 Å². The Bertz CT molecular complexity index is 748. The summed E-state index contributed by atoms with van der Waals surface area (Å²) >= 11 is 0. The van der Waals surface area contributed by atoms with Crippen LogP contribution < -0.4 is 0 Å². The van der Waals surface area contributed by atoms with Gasteiger partial charge >= 0.3 is 0 Å². The normalized spacial score (nSPS) is 17.3. The molecule has 2 N–H and O–H groups in total. The average Bonchev–Trinajstić information content (AvgIpc) is 2.85. The van der Waals surface area contributed by atoms with Crippen LogP contribution >= 0.6 is 0 Å². The molecule has 0 amide bonds. The number of hydrogen-bond donors (Lipinski definition) is 2. The van der Waals surface area contributed by atoms with Gasteiger partial charge in [-0.15, -0.1) is 0 Å². The van der Waals surface area contributed by atoms with E-state index in [2.05, 4.69) is 0 Å². The fourth-order valence-electron chi connectivity index (χ4n) is 2.61. The Morgan fingerprint density at radius 2 is 1.58 bits per heavy atom. The zero-order valence-corrected chi connectivity index (χ0v) is 12.9. The molecule has 0 bridgehead atoms. The number of carbonyl (C=O) groups is 2. The van der Waals surface area contributed by atoms with Crippen LogP contribution in [0.1, 0.15) is 20.7 Å². The van der Waals surface area contributed by atoms with Crippen molar-refractivity contribution in [3.05, 3.63) is 83.2 Å². The summed E-state index contributed by atoms with van der Waals surface area (Å²) in [6.45, 7) is 0.00189. The monoisotopic (exact) mass is 323 g/mol. The van der Waals surface area contributed by atoms with Crippen molar-refractivity contribution in [3.8, 4) is 0 Å². The summed E-state index contributed by atoms with van der Waals surface area (Å²) in [6.07, 6.45) is 9.58. The highest BCUT2D eigenvalue weighted by Gasteiger charge is 2.31. The Morgan fingerprint density at radius 1 is 1.00 bits per heavy atom. The molecule has 3 rings (SSSR count). The number of Topliss-reactive ketones (excluding diaryl/α,β-unsaturated/α-hetero) is 2. The largest absolute Gasteiger partial charge is 0.394 e. The van der Waals surface area contributed by atoms with E-state index in [0.29, 0.717) is 17.7 Å². The summed E-state index contributed by atoms with van der Waals surface area (Å²) in [5, 5.41) is 18.2. The molecular weight excluding hydrogens is 306 g/mol. The molecule has 1 unspecified atom stereocenters. The summed E-state index contributed by atoms with van der Waals surface area (Å²) in [5.41, 5.74) is 1.90. The maximum absolute atomic E-state index is 12.3. The smallest absolute Gasteiger partial charge is 0.197 e. The first-order chi connectivity index (χ1) is 11.6. The Morgan fingerprint density at radius 3 is 2.12 bits per heavy atom. The van der Waals surface area contributed by atoms with Gasteiger partial charge in [0.1, 0.15) is 0 Å². The molecule has 5 heteroatoms. The van der Waals surface area contributed by atoms with Crippen LogP contribution in [0.5, 0.6) is 0 Å². The molecule has 24 heavy (non-hydrogen) atoms. The van der Waals surface area contributed by atoms with Crippen LogP contribution in [0.4, 0.5) is 0 Å². The number of β-amino-alcohol motifs (C(OH)–C–C–N with tert-alkyl or cyclic N) is 1. The third-order valence-corrected chi connectivity index (χ3v) is 3.90. The van der Waals surface area contributed by atoms with Crippen molar-refractivity contribution in [2.24, 2.45) is 0 Å². The Kier molecular flexibility index (Phi) is 4.55. The number of aliphatic hydroxyl groups is 2. The topological polar surface area (TPSA) is 77.8 Å². The standard InChI is InChI=1S/C19H17NO4/c21-12-14(22)11-20-9-7-13(8-10-20)5-6-17-18(23)15-3-1-2-4-16(15)19(17)24/h1-10,14,21-22H,11-12H2. The van der Waals surface area contributed by atoms with Crippen molar-refractivity contribution in [3.63, 3.8) is 0 Å². The number of benzene rings is 1. The van der Waals surface area contributed by atoms with E-state index in [4.69, 9.17) is 5.11 Å². The summed E-state index contributed by atoms with van der Waals surface area (Å²) in [6, 6.07) is 6.81. The molecule has 0 fully saturated rings. The minimum absolute atomic E-state index is 0.170. The second kappa shape index (κ2) is 6.78. The van der Waals surface area contributed by atoms with E-state index in [1.54, 1.807) is 65.9 Å². The van der Waals surface area contributed by atoms with Gasteiger partial charge in [-0.3, -0.25) is 9.59 Å². The molecule has 122 valence electrons. The molecular formula is C19H17NO4. The molecule has 1 heterocycles. The lowest BCUT2D eigenvalue weighted by Crippen LogP contribution is -2.27. The molecule has 0 spiro atoms. The first kappa shape index (κ1) is 16.1.